The second-order valence-corrected chi connectivity index (χ2v) is 8.17. The molecular weight excluding hydrogens is 406 g/mol. The van der Waals surface area contributed by atoms with Gasteiger partial charge in [0, 0.05) is 48.0 Å². The van der Waals surface area contributed by atoms with Crippen molar-refractivity contribution in [2.75, 3.05) is 6.54 Å². The van der Waals surface area contributed by atoms with Crippen molar-refractivity contribution in [2.45, 2.75) is 32.2 Å². The van der Waals surface area contributed by atoms with E-state index in [2.05, 4.69) is 16.0 Å². The van der Waals surface area contributed by atoms with E-state index in [4.69, 9.17) is 4.42 Å². The summed E-state index contributed by atoms with van der Waals surface area (Å²) in [7, 11) is 0. The highest BCUT2D eigenvalue weighted by atomic mass is 16.4. The fraction of sp³-hybridized carbons (Fsp3) is 0.240. The second kappa shape index (κ2) is 8.00. The molecule has 5 rings (SSSR count). The molecule has 0 saturated heterocycles. The van der Waals surface area contributed by atoms with Gasteiger partial charge in [-0.2, -0.15) is 0 Å². The first-order valence-corrected chi connectivity index (χ1v) is 10.6. The molecule has 0 saturated carbocycles. The fourth-order valence-electron chi connectivity index (χ4n) is 4.52. The van der Waals surface area contributed by atoms with E-state index in [1.165, 1.54) is 17.0 Å². The van der Waals surface area contributed by atoms with Crippen LogP contribution in [-0.2, 0) is 17.8 Å². The Kier molecular flexibility index (Phi) is 5.01. The van der Waals surface area contributed by atoms with E-state index in [0.29, 0.717) is 24.4 Å². The average Bonchev–Trinajstić information content (AvgIpc) is 3.18. The molecule has 162 valence electrons. The van der Waals surface area contributed by atoms with Gasteiger partial charge >= 0.3 is 0 Å². The van der Waals surface area contributed by atoms with Crippen molar-refractivity contribution in [1.82, 2.24) is 14.9 Å². The predicted molar refractivity (Wildman–Crippen MR) is 119 cm³/mol. The summed E-state index contributed by atoms with van der Waals surface area (Å²) in [6.45, 7) is 2.75. The van der Waals surface area contributed by atoms with Crippen LogP contribution in [0.5, 0.6) is 5.75 Å². The lowest BCUT2D eigenvalue weighted by Crippen LogP contribution is -2.36. The van der Waals surface area contributed by atoms with Gasteiger partial charge in [0.2, 0.25) is 17.1 Å². The number of para-hydroxylation sites is 1. The molecule has 1 aliphatic heterocycles. The fourth-order valence-corrected chi connectivity index (χ4v) is 4.52. The van der Waals surface area contributed by atoms with Crippen LogP contribution >= 0.6 is 0 Å². The smallest absolute Gasteiger partial charge is 0.227 e. The summed E-state index contributed by atoms with van der Waals surface area (Å²) in [5, 5.41) is 11.6. The first-order valence-electron chi connectivity index (χ1n) is 10.6. The SMILES string of the molecule is Cc1cc(=O)c(O)c([C@@H](CC(=O)N2CCc3c([nH]c4ccccc34)C2)c2cccnc2)o1. The normalized spacial score (nSPS) is 14.3. The van der Waals surface area contributed by atoms with Gasteiger partial charge in [-0.1, -0.05) is 24.3 Å². The van der Waals surface area contributed by atoms with E-state index in [9.17, 15) is 14.7 Å². The summed E-state index contributed by atoms with van der Waals surface area (Å²) in [5.74, 6) is -0.682. The molecule has 0 fully saturated rings. The quantitative estimate of drug-likeness (QED) is 0.516. The highest BCUT2D eigenvalue weighted by Crippen LogP contribution is 2.34. The molecule has 4 heterocycles. The highest BCUT2D eigenvalue weighted by Gasteiger charge is 2.30. The van der Waals surface area contributed by atoms with E-state index >= 15 is 0 Å². The summed E-state index contributed by atoms with van der Waals surface area (Å²) in [5.41, 5.74) is 3.56. The Balaban J connectivity index is 1.45. The average molecular weight is 429 g/mol. The number of hydrogen-bond acceptors (Lipinski definition) is 5. The predicted octanol–water partition coefficient (Wildman–Crippen LogP) is 3.64. The number of carbonyl (C=O) groups is 1. The Bertz CT molecular complexity index is 1360. The summed E-state index contributed by atoms with van der Waals surface area (Å²) < 4.78 is 5.74. The first kappa shape index (κ1) is 20.1. The maximum atomic E-state index is 13.4. The Morgan fingerprint density at radius 1 is 1.28 bits per heavy atom. The number of fused-ring (bicyclic) bond motifs is 3. The van der Waals surface area contributed by atoms with Crippen LogP contribution < -0.4 is 5.43 Å². The molecule has 7 nitrogen and oxygen atoms in total. The molecule has 32 heavy (non-hydrogen) atoms. The molecule has 0 unspecified atom stereocenters. The third-order valence-corrected chi connectivity index (χ3v) is 6.09. The van der Waals surface area contributed by atoms with Gasteiger partial charge in [0.05, 0.1) is 12.5 Å². The van der Waals surface area contributed by atoms with Gasteiger partial charge in [0.15, 0.2) is 5.76 Å². The van der Waals surface area contributed by atoms with Gasteiger partial charge in [-0.15, -0.1) is 0 Å². The van der Waals surface area contributed by atoms with Crippen molar-refractivity contribution in [3.63, 3.8) is 0 Å². The highest BCUT2D eigenvalue weighted by molar-refractivity contribution is 5.86. The Hall–Kier alpha value is -3.87. The van der Waals surface area contributed by atoms with Crippen LogP contribution in [0, 0.1) is 6.92 Å². The summed E-state index contributed by atoms with van der Waals surface area (Å²) in [6, 6.07) is 13.0. The molecule has 1 amide bonds. The molecule has 4 aromatic rings. The van der Waals surface area contributed by atoms with Gasteiger partial charge < -0.3 is 19.4 Å². The number of aryl methyl sites for hydroxylation is 1. The molecule has 1 atom stereocenters. The number of aromatic amines is 1. The number of benzene rings is 1. The van der Waals surface area contributed by atoms with E-state index in [1.807, 2.05) is 29.2 Å². The van der Waals surface area contributed by atoms with Crippen LogP contribution in [0.4, 0.5) is 0 Å². The van der Waals surface area contributed by atoms with Crippen LogP contribution in [0.25, 0.3) is 10.9 Å². The standard InChI is InChI=1S/C25H23N3O4/c1-15-11-22(29)24(31)25(32-15)19(16-5-4-9-26-13-16)12-23(30)28-10-8-18-17-6-2-3-7-20(17)27-21(18)14-28/h2-7,9,11,13,19,27,31H,8,10,12,14H2,1H3/t19-/m0/s1. The second-order valence-electron chi connectivity index (χ2n) is 8.17. The van der Waals surface area contributed by atoms with E-state index < -0.39 is 17.1 Å². The third kappa shape index (κ3) is 3.56. The number of H-pyrrole nitrogens is 1. The first-order chi connectivity index (χ1) is 15.5. The van der Waals surface area contributed by atoms with Gasteiger partial charge in [-0.3, -0.25) is 14.6 Å². The number of amides is 1. The van der Waals surface area contributed by atoms with Gasteiger partial charge in [-0.25, -0.2) is 0 Å². The Morgan fingerprint density at radius 2 is 2.12 bits per heavy atom. The van der Waals surface area contributed by atoms with Crippen LogP contribution in [0.3, 0.4) is 0 Å². The largest absolute Gasteiger partial charge is 0.502 e. The molecule has 0 spiro atoms. The van der Waals surface area contributed by atoms with Crippen molar-refractivity contribution in [3.8, 4) is 5.75 Å². The lowest BCUT2D eigenvalue weighted by molar-refractivity contribution is -0.132. The van der Waals surface area contributed by atoms with Crippen LogP contribution in [0.2, 0.25) is 0 Å². The lowest BCUT2D eigenvalue weighted by Gasteiger charge is -2.29. The van der Waals surface area contributed by atoms with Crippen molar-refractivity contribution < 1.29 is 14.3 Å². The molecule has 2 N–H and O–H groups in total. The van der Waals surface area contributed by atoms with Crippen LogP contribution in [0.15, 0.2) is 64.1 Å². The van der Waals surface area contributed by atoms with Gasteiger partial charge in [0.25, 0.3) is 0 Å². The summed E-state index contributed by atoms with van der Waals surface area (Å²) in [6.07, 6.45) is 4.09. The molecular formula is C25H23N3O4. The van der Waals surface area contributed by atoms with Crippen molar-refractivity contribution in [3.05, 3.63) is 93.4 Å². The number of rotatable bonds is 4. The third-order valence-electron chi connectivity index (χ3n) is 6.09. The van der Waals surface area contributed by atoms with Crippen LogP contribution in [0.1, 0.15) is 40.7 Å². The summed E-state index contributed by atoms with van der Waals surface area (Å²) in [4.78, 5) is 34.9. The minimum atomic E-state index is -0.618. The number of hydrogen-bond donors (Lipinski definition) is 2. The van der Waals surface area contributed by atoms with Crippen molar-refractivity contribution in [1.29, 1.82) is 0 Å². The zero-order chi connectivity index (χ0) is 22.2. The maximum Gasteiger partial charge on any atom is 0.227 e. The van der Waals surface area contributed by atoms with Crippen molar-refractivity contribution >= 4 is 16.8 Å². The lowest BCUT2D eigenvalue weighted by atomic mass is 9.92. The molecule has 3 aromatic heterocycles. The molecule has 0 aliphatic carbocycles. The topological polar surface area (TPSA) is 99.4 Å². The number of nitrogens with one attached hydrogen (secondary N) is 1. The zero-order valence-corrected chi connectivity index (χ0v) is 17.7. The minimum Gasteiger partial charge on any atom is -0.502 e. The molecule has 0 bridgehead atoms. The van der Waals surface area contributed by atoms with Crippen molar-refractivity contribution in [2.24, 2.45) is 0 Å². The number of carbonyl (C=O) groups excluding carboxylic acids is 1. The van der Waals surface area contributed by atoms with E-state index in [-0.39, 0.29) is 18.1 Å². The Labute approximate surface area is 184 Å². The molecule has 1 aromatic carbocycles. The maximum absolute atomic E-state index is 13.4. The Morgan fingerprint density at radius 3 is 2.94 bits per heavy atom. The van der Waals surface area contributed by atoms with Gasteiger partial charge in [0.1, 0.15) is 5.76 Å². The monoisotopic (exact) mass is 429 g/mol. The molecule has 1 aliphatic rings. The number of aromatic hydroxyl groups is 1. The number of nitrogens with zero attached hydrogens (tertiary/aromatic N) is 2. The van der Waals surface area contributed by atoms with Crippen LogP contribution in [-0.4, -0.2) is 32.4 Å². The van der Waals surface area contributed by atoms with E-state index in [1.54, 1.807) is 25.4 Å². The van der Waals surface area contributed by atoms with E-state index in [0.717, 1.165) is 17.6 Å². The molecule has 7 heteroatoms. The zero-order valence-electron chi connectivity index (χ0n) is 17.7. The molecule has 0 radical (unpaired) electrons. The number of aromatic nitrogens is 2. The summed E-state index contributed by atoms with van der Waals surface area (Å²) >= 11 is 0. The van der Waals surface area contributed by atoms with Gasteiger partial charge in [-0.05, 0) is 36.6 Å². The number of pyridine rings is 1. The minimum absolute atomic E-state index is 0.0568.